The van der Waals surface area contributed by atoms with E-state index >= 15 is 0 Å². The van der Waals surface area contributed by atoms with Crippen molar-refractivity contribution in [2.75, 3.05) is 36.5 Å². The van der Waals surface area contributed by atoms with E-state index in [-0.39, 0.29) is 41.9 Å². The number of aryl methyl sites for hydroxylation is 1. The van der Waals surface area contributed by atoms with Crippen LogP contribution in [0.4, 0.5) is 11.4 Å². The third-order valence-electron chi connectivity index (χ3n) is 7.62. The second-order valence-corrected chi connectivity index (χ2v) is 11.3. The van der Waals surface area contributed by atoms with Crippen molar-refractivity contribution < 1.29 is 19.1 Å². The Balaban J connectivity index is 1.26. The van der Waals surface area contributed by atoms with Gasteiger partial charge in [0.25, 0.3) is 0 Å². The summed E-state index contributed by atoms with van der Waals surface area (Å²) < 4.78 is 8.63. The Bertz CT molecular complexity index is 1660. The number of nitrogens with one attached hydrogen (secondary N) is 1. The first-order chi connectivity index (χ1) is 20.2. The van der Waals surface area contributed by atoms with Crippen molar-refractivity contribution in [3.63, 3.8) is 0 Å². The van der Waals surface area contributed by atoms with Crippen LogP contribution in [-0.4, -0.2) is 79.7 Å². The lowest BCUT2D eigenvalue weighted by molar-refractivity contribution is -0.144. The van der Waals surface area contributed by atoms with Gasteiger partial charge in [-0.25, -0.2) is 4.68 Å². The number of rotatable bonds is 7. The van der Waals surface area contributed by atoms with E-state index < -0.39 is 6.04 Å². The minimum atomic E-state index is -0.843. The number of halogens is 2. The van der Waals surface area contributed by atoms with Crippen LogP contribution in [0, 0.1) is 5.92 Å². The van der Waals surface area contributed by atoms with Crippen LogP contribution in [0.3, 0.4) is 0 Å². The first kappa shape index (κ1) is 28.1. The highest BCUT2D eigenvalue weighted by Gasteiger charge is 2.40. The van der Waals surface area contributed by atoms with Gasteiger partial charge < -0.3 is 15.0 Å². The summed E-state index contributed by atoms with van der Waals surface area (Å²) in [6, 6.07) is 9.52. The topological polar surface area (TPSA) is 127 Å². The molecule has 1 atom stereocenters. The Hall–Kier alpha value is -4.00. The summed E-state index contributed by atoms with van der Waals surface area (Å²) in [5.74, 6) is -0.883. The summed E-state index contributed by atoms with van der Waals surface area (Å²) in [4.78, 5) is 43.9. The largest absolute Gasteiger partial charge is 0.381 e. The molecule has 3 amide bonds. The molecule has 2 aliphatic heterocycles. The monoisotopic (exact) mass is 610 g/mol. The van der Waals surface area contributed by atoms with Crippen LogP contribution in [-0.2, 0) is 26.2 Å². The molecule has 1 N–H and O–H groups in total. The van der Waals surface area contributed by atoms with Gasteiger partial charge in [0.05, 0.1) is 23.1 Å². The van der Waals surface area contributed by atoms with Crippen molar-refractivity contribution in [3.8, 4) is 5.69 Å². The molecule has 2 aliphatic rings. The highest BCUT2D eigenvalue weighted by Crippen LogP contribution is 2.31. The number of carbonyl (C=O) groups excluding carboxylic acids is 3. The summed E-state index contributed by atoms with van der Waals surface area (Å²) in [5, 5.41) is 16.6. The SMILES string of the molecule is Cn1cc2cc(NC(=O)C(CC3CCOCC3)N3CC(=O)N(c4cc(Cl)ccc4-n4cc(Cl)nn4)CC3=O)ccc2n1. The van der Waals surface area contributed by atoms with E-state index in [1.807, 2.05) is 25.4 Å². The summed E-state index contributed by atoms with van der Waals surface area (Å²) in [6.45, 7) is 0.655. The van der Waals surface area contributed by atoms with E-state index in [0.717, 1.165) is 23.7 Å². The Labute approximate surface area is 251 Å². The lowest BCUT2D eigenvalue weighted by Gasteiger charge is -2.39. The lowest BCUT2D eigenvalue weighted by Crippen LogP contribution is -2.60. The number of hydrogen-bond acceptors (Lipinski definition) is 7. The number of hydrogen-bond donors (Lipinski definition) is 1. The molecular weight excluding hydrogens is 583 g/mol. The van der Waals surface area contributed by atoms with Crippen LogP contribution in [0.25, 0.3) is 16.6 Å². The predicted molar refractivity (Wildman–Crippen MR) is 157 cm³/mol. The predicted octanol–water partition coefficient (Wildman–Crippen LogP) is 3.46. The molecule has 4 aromatic rings. The lowest BCUT2D eigenvalue weighted by atomic mass is 9.91. The number of ether oxygens (including phenoxy) is 1. The number of piperazine rings is 1. The molecule has 0 bridgehead atoms. The van der Waals surface area contributed by atoms with Gasteiger partial charge in [0.1, 0.15) is 19.1 Å². The van der Waals surface area contributed by atoms with Gasteiger partial charge in [-0.05, 0) is 61.6 Å². The number of aromatic nitrogens is 5. The van der Waals surface area contributed by atoms with Crippen molar-refractivity contribution in [2.24, 2.45) is 13.0 Å². The van der Waals surface area contributed by atoms with Crippen LogP contribution >= 0.6 is 23.2 Å². The number of anilines is 2. The molecule has 0 saturated carbocycles. The maximum absolute atomic E-state index is 13.8. The zero-order chi connectivity index (χ0) is 29.4. The molecule has 2 fully saturated rings. The second-order valence-electron chi connectivity index (χ2n) is 10.5. The standard InChI is InChI=1S/C28H28Cl2N8O4/c1-35-13-18-11-20(3-4-21(18)33-35)31-28(41)24(10-17-6-8-42-9-7-17)37-16-26(39)36(15-27(37)40)23-12-19(29)2-5-22(23)38-14-25(30)32-34-38/h2-5,11-14,17,24H,6-10,15-16H2,1H3,(H,31,41). The first-order valence-electron chi connectivity index (χ1n) is 13.5. The highest BCUT2D eigenvalue weighted by atomic mass is 35.5. The number of nitrogens with zero attached hydrogens (tertiary/aromatic N) is 7. The van der Waals surface area contributed by atoms with Crippen LogP contribution in [0.2, 0.25) is 10.2 Å². The molecule has 12 nitrogen and oxygen atoms in total. The maximum atomic E-state index is 13.8. The van der Waals surface area contributed by atoms with Gasteiger partial charge in [-0.3, -0.25) is 24.0 Å². The molecule has 0 radical (unpaired) electrons. The maximum Gasteiger partial charge on any atom is 0.247 e. The molecule has 14 heteroatoms. The van der Waals surface area contributed by atoms with Gasteiger partial charge >= 0.3 is 0 Å². The summed E-state index contributed by atoms with van der Waals surface area (Å²) >= 11 is 12.3. The first-order valence-corrected chi connectivity index (χ1v) is 14.3. The number of carbonyl (C=O) groups is 3. The quantitative estimate of drug-likeness (QED) is 0.339. The molecule has 2 aromatic heterocycles. The molecular formula is C28H28Cl2N8O4. The zero-order valence-electron chi connectivity index (χ0n) is 22.7. The van der Waals surface area contributed by atoms with Crippen molar-refractivity contribution in [1.82, 2.24) is 29.7 Å². The Morgan fingerprint density at radius 1 is 1.05 bits per heavy atom. The second kappa shape index (κ2) is 11.7. The zero-order valence-corrected chi connectivity index (χ0v) is 24.3. The van der Waals surface area contributed by atoms with Gasteiger partial charge in [0, 0.05) is 42.6 Å². The average molecular weight is 611 g/mol. The van der Waals surface area contributed by atoms with Gasteiger partial charge in [0.15, 0.2) is 5.15 Å². The number of fused-ring (bicyclic) bond motifs is 1. The van der Waals surface area contributed by atoms with Gasteiger partial charge in [-0.15, -0.1) is 5.10 Å². The molecule has 6 rings (SSSR count). The third kappa shape index (κ3) is 5.83. The highest BCUT2D eigenvalue weighted by molar-refractivity contribution is 6.31. The van der Waals surface area contributed by atoms with E-state index in [2.05, 4.69) is 20.7 Å². The van der Waals surface area contributed by atoms with E-state index in [4.69, 9.17) is 27.9 Å². The Morgan fingerprint density at radius 3 is 2.62 bits per heavy atom. The van der Waals surface area contributed by atoms with Gasteiger partial charge in [-0.2, -0.15) is 5.10 Å². The van der Waals surface area contributed by atoms with Crippen LogP contribution in [0.5, 0.6) is 0 Å². The molecule has 2 saturated heterocycles. The van der Waals surface area contributed by atoms with Crippen molar-refractivity contribution in [1.29, 1.82) is 0 Å². The third-order valence-corrected chi connectivity index (χ3v) is 8.03. The van der Waals surface area contributed by atoms with Crippen LogP contribution in [0.1, 0.15) is 19.3 Å². The minimum absolute atomic E-state index is 0.174. The molecule has 1 unspecified atom stereocenters. The summed E-state index contributed by atoms with van der Waals surface area (Å²) in [5.41, 5.74) is 2.26. The molecule has 42 heavy (non-hydrogen) atoms. The molecule has 218 valence electrons. The van der Waals surface area contributed by atoms with Crippen LogP contribution < -0.4 is 10.2 Å². The molecule has 2 aromatic carbocycles. The normalized spacial score (nSPS) is 17.2. The molecule has 0 aliphatic carbocycles. The van der Waals surface area contributed by atoms with Crippen molar-refractivity contribution in [2.45, 2.75) is 25.3 Å². The fourth-order valence-electron chi connectivity index (χ4n) is 5.53. The van der Waals surface area contributed by atoms with E-state index in [1.165, 1.54) is 20.7 Å². The molecule has 4 heterocycles. The number of amides is 3. The smallest absolute Gasteiger partial charge is 0.247 e. The van der Waals surface area contributed by atoms with Crippen LogP contribution in [0.15, 0.2) is 48.8 Å². The summed E-state index contributed by atoms with van der Waals surface area (Å²) in [6.07, 6.45) is 5.33. The van der Waals surface area contributed by atoms with Gasteiger partial charge in [0.2, 0.25) is 17.7 Å². The Morgan fingerprint density at radius 2 is 1.86 bits per heavy atom. The van der Waals surface area contributed by atoms with E-state index in [1.54, 1.807) is 28.9 Å². The van der Waals surface area contributed by atoms with Crippen molar-refractivity contribution >= 4 is 63.2 Å². The van der Waals surface area contributed by atoms with Gasteiger partial charge in [-0.1, -0.05) is 28.4 Å². The number of benzene rings is 2. The minimum Gasteiger partial charge on any atom is -0.381 e. The fourth-order valence-corrected chi connectivity index (χ4v) is 5.82. The van der Waals surface area contributed by atoms with E-state index in [9.17, 15) is 14.4 Å². The average Bonchev–Trinajstić information content (AvgIpc) is 3.57. The molecule has 0 spiro atoms. The fraction of sp³-hybridized carbons (Fsp3) is 0.357. The van der Waals surface area contributed by atoms with E-state index in [0.29, 0.717) is 41.7 Å². The van der Waals surface area contributed by atoms with Crippen molar-refractivity contribution in [3.05, 3.63) is 59.0 Å². The Kier molecular flexibility index (Phi) is 7.84. The summed E-state index contributed by atoms with van der Waals surface area (Å²) in [7, 11) is 1.83.